The number of nitrogens with two attached hydrogens (primary N) is 1. The maximum atomic E-state index is 13.3. The van der Waals surface area contributed by atoms with Gasteiger partial charge in [0.25, 0.3) is 0 Å². The molecule has 200 valence electrons. The van der Waals surface area contributed by atoms with Gasteiger partial charge in [0, 0.05) is 36.0 Å². The first-order chi connectivity index (χ1) is 18.9. The van der Waals surface area contributed by atoms with E-state index < -0.39 is 0 Å². The average Bonchev–Trinajstić information content (AvgIpc) is 3.80. The lowest BCUT2D eigenvalue weighted by molar-refractivity contribution is 0.0968. The van der Waals surface area contributed by atoms with Gasteiger partial charge in [0.15, 0.2) is 17.3 Å². The van der Waals surface area contributed by atoms with Crippen molar-refractivity contribution in [3.63, 3.8) is 0 Å². The number of Topliss-reactive ketones (excluding diaryl/α,β-unsaturated/α-hetero) is 1. The van der Waals surface area contributed by atoms with Crippen molar-refractivity contribution in [3.8, 4) is 22.6 Å². The Kier molecular flexibility index (Phi) is 6.74. The number of hydrogen-bond acceptors (Lipinski definition) is 8. The number of ether oxygens (including phenoxy) is 1. The van der Waals surface area contributed by atoms with E-state index in [-0.39, 0.29) is 28.5 Å². The van der Waals surface area contributed by atoms with E-state index in [0.717, 1.165) is 66.4 Å². The van der Waals surface area contributed by atoms with Gasteiger partial charge in [-0.15, -0.1) is 0 Å². The van der Waals surface area contributed by atoms with Gasteiger partial charge >= 0.3 is 0 Å². The Hall–Kier alpha value is -3.88. The van der Waals surface area contributed by atoms with E-state index in [9.17, 15) is 9.90 Å². The number of halogens is 1. The largest absolute Gasteiger partial charge is 0.503 e. The lowest BCUT2D eigenvalue weighted by atomic mass is 9.95. The number of aromatic hydroxyl groups is 1. The summed E-state index contributed by atoms with van der Waals surface area (Å²) in [5.74, 6) is 1.05. The number of fused-ring (bicyclic) bond motifs is 1. The van der Waals surface area contributed by atoms with Crippen LogP contribution in [0.25, 0.3) is 21.9 Å². The van der Waals surface area contributed by atoms with Crippen LogP contribution in [0.1, 0.15) is 36.0 Å². The van der Waals surface area contributed by atoms with E-state index in [0.29, 0.717) is 22.9 Å². The molecule has 1 aromatic heterocycles. The van der Waals surface area contributed by atoms with Crippen LogP contribution in [-0.4, -0.2) is 47.1 Å². The molecule has 4 N–H and O–H groups in total. The van der Waals surface area contributed by atoms with Gasteiger partial charge in [-0.25, -0.2) is 9.97 Å². The van der Waals surface area contributed by atoms with Gasteiger partial charge in [-0.2, -0.15) is 0 Å². The number of anilines is 3. The molecule has 0 spiro atoms. The number of benzene rings is 3. The zero-order valence-corrected chi connectivity index (χ0v) is 22.4. The second-order valence-electron chi connectivity index (χ2n) is 10.3. The first kappa shape index (κ1) is 25.4. The van der Waals surface area contributed by atoms with Crippen LogP contribution in [0.3, 0.4) is 0 Å². The third-order valence-corrected chi connectivity index (χ3v) is 7.75. The molecular formula is C30H30ClN5O3. The standard InChI is InChI=1S/C30H30ClN5O3/c1-39-26-13-20(12-25(31)29(26)38)19-7-4-17-8-9-23(28(37)18-5-6-18)27(24(17)11-19)35-22-14-33-30(34-15-22)36-10-2-3-21(32)16-36/h4,7-9,11-15,18,21,35,38H,2-3,5-6,10,16,32H2,1H3. The molecule has 3 aromatic carbocycles. The van der Waals surface area contributed by atoms with Gasteiger partial charge < -0.3 is 25.8 Å². The van der Waals surface area contributed by atoms with E-state index in [1.807, 2.05) is 30.3 Å². The summed E-state index contributed by atoms with van der Waals surface area (Å²) in [6.07, 6.45) is 7.37. The molecule has 9 heteroatoms. The Balaban J connectivity index is 1.41. The number of nitrogens with one attached hydrogen (secondary N) is 1. The molecule has 39 heavy (non-hydrogen) atoms. The third kappa shape index (κ3) is 5.10. The highest BCUT2D eigenvalue weighted by Crippen LogP contribution is 2.42. The summed E-state index contributed by atoms with van der Waals surface area (Å²) in [5.41, 5.74) is 9.86. The molecule has 2 fully saturated rings. The molecule has 1 aliphatic heterocycles. The zero-order valence-electron chi connectivity index (χ0n) is 21.7. The van der Waals surface area contributed by atoms with Crippen LogP contribution in [0, 0.1) is 5.92 Å². The van der Waals surface area contributed by atoms with Gasteiger partial charge in [0.2, 0.25) is 5.95 Å². The average molecular weight is 544 g/mol. The fourth-order valence-electron chi connectivity index (χ4n) is 5.19. The Morgan fingerprint density at radius 3 is 2.59 bits per heavy atom. The normalized spacial score (nSPS) is 17.3. The minimum atomic E-state index is -0.0987. The topological polar surface area (TPSA) is 114 Å². The van der Waals surface area contributed by atoms with Crippen molar-refractivity contribution < 1.29 is 14.6 Å². The van der Waals surface area contributed by atoms with Crippen molar-refractivity contribution in [2.45, 2.75) is 31.7 Å². The summed E-state index contributed by atoms with van der Waals surface area (Å²) < 4.78 is 5.31. The number of nitrogens with zero attached hydrogens (tertiary/aromatic N) is 3. The van der Waals surface area contributed by atoms with Gasteiger partial charge in [-0.1, -0.05) is 29.8 Å². The summed E-state index contributed by atoms with van der Waals surface area (Å²) in [6.45, 7) is 1.63. The van der Waals surface area contributed by atoms with Crippen LogP contribution in [-0.2, 0) is 0 Å². The van der Waals surface area contributed by atoms with Crippen molar-refractivity contribution >= 4 is 45.5 Å². The van der Waals surface area contributed by atoms with Gasteiger partial charge in [-0.05, 0) is 66.5 Å². The Morgan fingerprint density at radius 1 is 1.10 bits per heavy atom. The van der Waals surface area contributed by atoms with Gasteiger partial charge in [0.05, 0.1) is 35.9 Å². The summed E-state index contributed by atoms with van der Waals surface area (Å²) in [6, 6.07) is 13.5. The van der Waals surface area contributed by atoms with Gasteiger partial charge in [0.1, 0.15) is 0 Å². The summed E-state index contributed by atoms with van der Waals surface area (Å²) in [5, 5.41) is 15.7. The molecule has 1 atom stereocenters. The number of piperidine rings is 1. The number of methoxy groups -OCH3 is 1. The molecule has 2 heterocycles. The number of ketones is 1. The molecular weight excluding hydrogens is 514 g/mol. The van der Waals surface area contributed by atoms with Crippen molar-refractivity contribution in [1.82, 2.24) is 9.97 Å². The third-order valence-electron chi connectivity index (χ3n) is 7.47. The highest BCUT2D eigenvalue weighted by molar-refractivity contribution is 6.32. The number of phenols is 1. The predicted molar refractivity (Wildman–Crippen MR) is 154 cm³/mol. The molecule has 1 saturated heterocycles. The minimum absolute atomic E-state index is 0.0632. The number of rotatable bonds is 7. The van der Waals surface area contributed by atoms with Crippen LogP contribution in [0.4, 0.5) is 17.3 Å². The number of aromatic nitrogens is 2. The van der Waals surface area contributed by atoms with Crippen molar-refractivity contribution in [2.24, 2.45) is 11.7 Å². The molecule has 1 aliphatic carbocycles. The smallest absolute Gasteiger partial charge is 0.225 e. The van der Waals surface area contributed by atoms with Crippen LogP contribution < -0.4 is 20.7 Å². The first-order valence-corrected chi connectivity index (χ1v) is 13.6. The van der Waals surface area contributed by atoms with Crippen molar-refractivity contribution in [2.75, 3.05) is 30.4 Å². The van der Waals surface area contributed by atoms with Crippen LogP contribution in [0.5, 0.6) is 11.5 Å². The molecule has 6 rings (SSSR count). The van der Waals surface area contributed by atoms with Gasteiger partial charge in [-0.3, -0.25) is 4.79 Å². The molecule has 2 aliphatic rings. The second kappa shape index (κ2) is 10.4. The summed E-state index contributed by atoms with van der Waals surface area (Å²) >= 11 is 6.28. The fraction of sp³-hybridized carbons (Fsp3) is 0.300. The number of hydrogen-bond donors (Lipinski definition) is 3. The SMILES string of the molecule is COc1cc(-c2ccc3ccc(C(=O)C4CC4)c(Nc4cnc(N5CCCC(N)C5)nc4)c3c2)cc(Cl)c1O. The van der Waals surface area contributed by atoms with E-state index in [1.165, 1.54) is 7.11 Å². The maximum Gasteiger partial charge on any atom is 0.225 e. The maximum absolute atomic E-state index is 13.3. The van der Waals surface area contributed by atoms with E-state index in [2.05, 4.69) is 20.2 Å². The number of carbonyl (C=O) groups excluding carboxylic acids is 1. The number of phenolic OH excluding ortho intramolecular Hbond substituents is 1. The minimum Gasteiger partial charge on any atom is -0.503 e. The molecule has 0 radical (unpaired) electrons. The summed E-state index contributed by atoms with van der Waals surface area (Å²) in [4.78, 5) is 24.6. The molecule has 8 nitrogen and oxygen atoms in total. The number of carbonyl (C=O) groups is 1. The highest BCUT2D eigenvalue weighted by Gasteiger charge is 2.32. The highest BCUT2D eigenvalue weighted by atomic mass is 35.5. The molecule has 4 aromatic rings. The molecule has 0 amide bonds. The monoisotopic (exact) mass is 543 g/mol. The first-order valence-electron chi connectivity index (χ1n) is 13.2. The van der Waals surface area contributed by atoms with Crippen LogP contribution in [0.2, 0.25) is 5.02 Å². The molecule has 0 bridgehead atoms. The van der Waals surface area contributed by atoms with E-state index >= 15 is 0 Å². The predicted octanol–water partition coefficient (Wildman–Crippen LogP) is 5.93. The van der Waals surface area contributed by atoms with Crippen molar-refractivity contribution in [1.29, 1.82) is 0 Å². The van der Waals surface area contributed by atoms with E-state index in [4.69, 9.17) is 22.1 Å². The van der Waals surface area contributed by atoms with E-state index in [1.54, 1.807) is 24.5 Å². The molecule has 1 unspecified atom stereocenters. The molecule has 1 saturated carbocycles. The fourth-order valence-corrected chi connectivity index (χ4v) is 5.40. The summed E-state index contributed by atoms with van der Waals surface area (Å²) in [7, 11) is 1.49. The Labute approximate surface area is 231 Å². The Bertz CT molecular complexity index is 1560. The Morgan fingerprint density at radius 2 is 1.87 bits per heavy atom. The van der Waals surface area contributed by atoms with Crippen LogP contribution in [0.15, 0.2) is 54.9 Å². The lowest BCUT2D eigenvalue weighted by Gasteiger charge is -2.30. The lowest BCUT2D eigenvalue weighted by Crippen LogP contribution is -2.43. The van der Waals surface area contributed by atoms with Crippen LogP contribution >= 0.6 is 11.6 Å². The second-order valence-corrected chi connectivity index (χ2v) is 10.7. The zero-order chi connectivity index (χ0) is 27.1. The quantitative estimate of drug-likeness (QED) is 0.246. The van der Waals surface area contributed by atoms with Crippen molar-refractivity contribution in [3.05, 3.63) is 65.4 Å².